The summed E-state index contributed by atoms with van der Waals surface area (Å²) >= 11 is 0. The summed E-state index contributed by atoms with van der Waals surface area (Å²) in [7, 11) is -3.93. The van der Waals surface area contributed by atoms with Gasteiger partial charge in [-0.15, -0.1) is 0 Å². The fourth-order valence-corrected chi connectivity index (χ4v) is 6.97. The van der Waals surface area contributed by atoms with Crippen molar-refractivity contribution in [3.8, 4) is 5.75 Å². The molecule has 2 aromatic carbocycles. The number of benzene rings is 2. The van der Waals surface area contributed by atoms with E-state index in [1.807, 2.05) is 4.90 Å². The molecule has 232 valence electrons. The van der Waals surface area contributed by atoms with E-state index in [1.54, 1.807) is 36.4 Å². The molecule has 1 saturated heterocycles. The molecule has 2 aliphatic carbocycles. The maximum atomic E-state index is 13.3. The number of aliphatic imine (C=N–C) groups is 1. The number of allylic oxidation sites excluding steroid dienone is 5. The van der Waals surface area contributed by atoms with E-state index in [-0.39, 0.29) is 16.5 Å². The van der Waals surface area contributed by atoms with Gasteiger partial charge in [0.25, 0.3) is 15.9 Å². The van der Waals surface area contributed by atoms with Crippen LogP contribution in [0.15, 0.2) is 102 Å². The van der Waals surface area contributed by atoms with Crippen LogP contribution in [-0.4, -0.2) is 62.6 Å². The summed E-state index contributed by atoms with van der Waals surface area (Å²) < 4.78 is 34.7. The van der Waals surface area contributed by atoms with Crippen molar-refractivity contribution in [3.63, 3.8) is 0 Å². The molecule has 44 heavy (non-hydrogen) atoms. The maximum absolute atomic E-state index is 13.3. The van der Waals surface area contributed by atoms with Gasteiger partial charge >= 0.3 is 0 Å². The van der Waals surface area contributed by atoms with Crippen molar-refractivity contribution in [3.05, 3.63) is 108 Å². The molecule has 0 atom stereocenters. The third kappa shape index (κ3) is 8.15. The van der Waals surface area contributed by atoms with E-state index < -0.39 is 10.0 Å². The highest BCUT2D eigenvalue weighted by atomic mass is 32.2. The zero-order valence-corrected chi connectivity index (χ0v) is 26.1. The lowest BCUT2D eigenvalue weighted by Gasteiger charge is -2.25. The van der Waals surface area contributed by atoms with E-state index in [0.29, 0.717) is 29.9 Å². The van der Waals surface area contributed by atoms with Gasteiger partial charge in [-0.25, -0.2) is 8.42 Å². The van der Waals surface area contributed by atoms with Crippen LogP contribution in [-0.2, 0) is 16.6 Å². The van der Waals surface area contributed by atoms with Crippen LogP contribution in [0.3, 0.4) is 0 Å². The second-order valence-corrected chi connectivity index (χ2v) is 13.3. The number of carbonyl (C=O) groups excluding carboxylic acids is 1. The molecule has 0 unspecified atom stereocenters. The highest BCUT2D eigenvalue weighted by Crippen LogP contribution is 2.30. The predicted molar refractivity (Wildman–Crippen MR) is 177 cm³/mol. The summed E-state index contributed by atoms with van der Waals surface area (Å²) in [4.78, 5) is 21.7. The van der Waals surface area contributed by atoms with Crippen molar-refractivity contribution in [2.75, 3.05) is 37.5 Å². The first-order chi connectivity index (χ1) is 21.3. The molecule has 1 saturated carbocycles. The Bertz CT molecular complexity index is 1540. The van der Waals surface area contributed by atoms with Crippen molar-refractivity contribution in [2.24, 2.45) is 10.9 Å². The molecule has 1 amide bonds. The minimum absolute atomic E-state index is 0.0119. The summed E-state index contributed by atoms with van der Waals surface area (Å²) in [5, 5.41) is 0. The van der Waals surface area contributed by atoms with E-state index in [2.05, 4.69) is 52.0 Å². The van der Waals surface area contributed by atoms with E-state index >= 15 is 0 Å². The number of hydrogen-bond donors (Lipinski definition) is 1. The molecular weight excluding hydrogens is 572 g/mol. The van der Waals surface area contributed by atoms with Gasteiger partial charge in [0.05, 0.1) is 12.3 Å². The Morgan fingerprint density at radius 1 is 1.02 bits per heavy atom. The van der Waals surface area contributed by atoms with Crippen molar-refractivity contribution < 1.29 is 17.9 Å². The Morgan fingerprint density at radius 2 is 1.80 bits per heavy atom. The van der Waals surface area contributed by atoms with Crippen LogP contribution in [0, 0.1) is 5.92 Å². The first kappa shape index (κ1) is 31.5. The first-order valence-corrected chi connectivity index (χ1v) is 16.9. The third-order valence-electron chi connectivity index (χ3n) is 8.43. The summed E-state index contributed by atoms with van der Waals surface area (Å²) in [6, 6.07) is 14.9. The van der Waals surface area contributed by atoms with Crippen molar-refractivity contribution in [1.29, 1.82) is 0 Å². The number of rotatable bonds is 12. The van der Waals surface area contributed by atoms with Gasteiger partial charge < -0.3 is 9.64 Å². The largest absolute Gasteiger partial charge is 0.494 e. The lowest BCUT2D eigenvalue weighted by Crippen LogP contribution is -2.35. The van der Waals surface area contributed by atoms with Crippen LogP contribution in [0.25, 0.3) is 0 Å². The standard InChI is InChI=1S/C35H42N4O4S/c1-3-36-34-27(2)8-4-12-33(34)44(41,42)37-31-17-15-30(16-18-31)35(40)39-22-7-21-38(23-24-39)26-29-13-19-32(20-14-29)43-25-6-11-28-9-5-10-28/h3-4,8,12-20,28,37H,1-2,5-7,9-11,21-26H2/b36-34+. The molecule has 3 aliphatic rings. The van der Waals surface area contributed by atoms with Gasteiger partial charge in [0, 0.05) is 50.2 Å². The molecule has 2 aromatic rings. The average Bonchev–Trinajstić information content (AvgIpc) is 3.23. The molecular formula is C35H42N4O4S. The van der Waals surface area contributed by atoms with Gasteiger partial charge in [-0.1, -0.05) is 56.7 Å². The zero-order valence-electron chi connectivity index (χ0n) is 25.3. The van der Waals surface area contributed by atoms with E-state index in [9.17, 15) is 13.2 Å². The van der Waals surface area contributed by atoms with Crippen molar-refractivity contribution in [1.82, 2.24) is 9.80 Å². The normalized spacial score (nSPS) is 18.8. The summed E-state index contributed by atoms with van der Waals surface area (Å²) in [5.74, 6) is 1.79. The first-order valence-electron chi connectivity index (χ1n) is 15.5. The fraction of sp³-hybridized carbons (Fsp3) is 0.371. The summed E-state index contributed by atoms with van der Waals surface area (Å²) in [5.41, 5.74) is 2.83. The predicted octanol–water partition coefficient (Wildman–Crippen LogP) is 6.33. The molecule has 9 heteroatoms. The Morgan fingerprint density at radius 3 is 2.50 bits per heavy atom. The molecule has 1 heterocycles. The maximum Gasteiger partial charge on any atom is 0.264 e. The van der Waals surface area contributed by atoms with Crippen molar-refractivity contribution in [2.45, 2.75) is 45.1 Å². The fourth-order valence-electron chi connectivity index (χ4n) is 5.72. The number of hydrogen-bond acceptors (Lipinski definition) is 6. The third-order valence-corrected chi connectivity index (χ3v) is 9.84. The lowest BCUT2D eigenvalue weighted by molar-refractivity contribution is 0.0761. The van der Waals surface area contributed by atoms with Gasteiger partial charge in [-0.3, -0.25) is 19.4 Å². The van der Waals surface area contributed by atoms with Gasteiger partial charge in [-0.2, -0.15) is 0 Å². The van der Waals surface area contributed by atoms with Crippen LogP contribution in [0.5, 0.6) is 5.75 Å². The van der Waals surface area contributed by atoms with Crippen LogP contribution in [0.4, 0.5) is 5.69 Å². The average molecular weight is 615 g/mol. The number of ether oxygens (including phenoxy) is 1. The Labute approximate surface area is 261 Å². The van der Waals surface area contributed by atoms with Gasteiger partial charge in [0.1, 0.15) is 10.7 Å². The zero-order chi connectivity index (χ0) is 30.9. The Kier molecular flexibility index (Phi) is 10.5. The Hall–Kier alpha value is -3.95. The molecule has 0 bridgehead atoms. The van der Waals surface area contributed by atoms with Gasteiger partial charge in [0.15, 0.2) is 0 Å². The van der Waals surface area contributed by atoms with Crippen molar-refractivity contribution >= 4 is 27.3 Å². The molecule has 5 rings (SSSR count). The number of sulfonamides is 1. The molecule has 0 spiro atoms. The summed E-state index contributed by atoms with van der Waals surface area (Å²) in [6.07, 6.45) is 13.5. The molecule has 1 aliphatic heterocycles. The van der Waals surface area contributed by atoms with Crippen LogP contribution in [0.1, 0.15) is 54.4 Å². The number of carbonyl (C=O) groups is 1. The molecule has 2 fully saturated rings. The van der Waals surface area contributed by atoms with E-state index in [1.165, 1.54) is 43.5 Å². The minimum atomic E-state index is -3.93. The summed E-state index contributed by atoms with van der Waals surface area (Å²) in [6.45, 7) is 12.0. The number of anilines is 1. The highest BCUT2D eigenvalue weighted by Gasteiger charge is 2.26. The molecule has 8 nitrogen and oxygen atoms in total. The number of nitrogens with one attached hydrogen (secondary N) is 1. The topological polar surface area (TPSA) is 91.3 Å². The molecule has 1 N–H and O–H groups in total. The molecule has 0 radical (unpaired) electrons. The Balaban J connectivity index is 1.10. The van der Waals surface area contributed by atoms with Gasteiger partial charge in [-0.05, 0) is 78.8 Å². The number of amides is 1. The SMILES string of the molecule is C=C/N=C1\C(=C)C=CC=C1S(=O)(=O)Nc1ccc(C(=O)N2CCCN(Cc3ccc(OCCCC4CCC4)cc3)CC2)cc1. The quantitative estimate of drug-likeness (QED) is 0.282. The van der Waals surface area contributed by atoms with E-state index in [4.69, 9.17) is 4.74 Å². The van der Waals surface area contributed by atoms with Gasteiger partial charge in [0.2, 0.25) is 0 Å². The van der Waals surface area contributed by atoms with Crippen LogP contribution < -0.4 is 9.46 Å². The van der Waals surface area contributed by atoms with E-state index in [0.717, 1.165) is 50.8 Å². The second-order valence-electron chi connectivity index (χ2n) is 11.6. The molecule has 0 aromatic heterocycles. The smallest absolute Gasteiger partial charge is 0.264 e. The number of nitrogens with zero attached hydrogens (tertiary/aromatic N) is 3. The van der Waals surface area contributed by atoms with Crippen LogP contribution in [0.2, 0.25) is 0 Å². The lowest BCUT2D eigenvalue weighted by atomic mass is 9.82. The minimum Gasteiger partial charge on any atom is -0.494 e. The van der Waals surface area contributed by atoms with Crippen LogP contribution >= 0.6 is 0 Å². The monoisotopic (exact) mass is 614 g/mol. The second kappa shape index (κ2) is 14.7. The highest BCUT2D eigenvalue weighted by molar-refractivity contribution is 7.97.